The van der Waals surface area contributed by atoms with E-state index in [1.165, 1.54) is 43.3 Å². The Balaban J connectivity index is 0.000000222. The van der Waals surface area contributed by atoms with Crippen LogP contribution in [0, 0.1) is 11.8 Å². The van der Waals surface area contributed by atoms with Crippen LogP contribution in [-0.4, -0.2) is 111 Å². The number of carbonyl (C=O) groups excluding carboxylic acids is 6. The number of amides is 2. The molecule has 3 atom stereocenters. The molecule has 25 heteroatoms. The third-order valence-electron chi connectivity index (χ3n) is 15.4. The summed E-state index contributed by atoms with van der Waals surface area (Å²) in [7, 11) is -7.04. The number of nitrogens with zero attached hydrogens (tertiary/aromatic N) is 2. The summed E-state index contributed by atoms with van der Waals surface area (Å²) in [5.41, 5.74) is 5.06. The lowest BCUT2D eigenvalue weighted by Gasteiger charge is -2.30. The van der Waals surface area contributed by atoms with Crippen LogP contribution in [-0.2, 0) is 82.2 Å². The van der Waals surface area contributed by atoms with Gasteiger partial charge >= 0.3 is 18.1 Å². The Bertz CT molecular complexity index is 4500. The zero-order valence-corrected chi connectivity index (χ0v) is 55.2. The van der Waals surface area contributed by atoms with Crippen molar-refractivity contribution in [2.24, 2.45) is 11.8 Å². The molecule has 0 spiro atoms. The summed E-state index contributed by atoms with van der Waals surface area (Å²) in [5, 5.41) is 12.0. The first-order chi connectivity index (χ1) is 43.3. The number of aliphatic carboxylic acids is 1. The van der Waals surface area contributed by atoms with Gasteiger partial charge in [0.15, 0.2) is 31.2 Å². The van der Waals surface area contributed by atoms with Gasteiger partial charge in [0, 0.05) is 80.4 Å². The summed E-state index contributed by atoms with van der Waals surface area (Å²) in [6, 6.07) is 29.3. The first-order valence-corrected chi connectivity index (χ1v) is 34.1. The van der Waals surface area contributed by atoms with Gasteiger partial charge in [-0.2, -0.15) is 0 Å². The molecular weight excluding hydrogens is 1310 g/mol. The van der Waals surface area contributed by atoms with Crippen LogP contribution >= 0.6 is 46.4 Å². The molecule has 4 heterocycles. The van der Waals surface area contributed by atoms with Gasteiger partial charge in [-0.1, -0.05) is 82.8 Å². The summed E-state index contributed by atoms with van der Waals surface area (Å²) >= 11 is 26.7. The molecule has 2 aromatic heterocycles. The third kappa shape index (κ3) is 16.4. The van der Waals surface area contributed by atoms with E-state index in [1.54, 1.807) is 91.6 Å². The Morgan fingerprint density at radius 3 is 1.45 bits per heavy atom. The molecule has 1 N–H and O–H groups in total. The van der Waals surface area contributed by atoms with Crippen LogP contribution in [0.2, 0.25) is 20.1 Å². The Morgan fingerprint density at radius 1 is 0.587 bits per heavy atom. The van der Waals surface area contributed by atoms with Crippen LogP contribution in [0.15, 0.2) is 140 Å². The number of carboxylic acids is 1. The molecule has 0 fully saturated rings. The van der Waals surface area contributed by atoms with Gasteiger partial charge in [-0.05, 0) is 153 Å². The van der Waals surface area contributed by atoms with E-state index in [9.17, 15) is 55.5 Å². The van der Waals surface area contributed by atoms with E-state index in [0.29, 0.717) is 81.6 Å². The number of furan rings is 2. The number of benzene rings is 6. The normalized spacial score (nSPS) is 14.2. The van der Waals surface area contributed by atoms with Crippen molar-refractivity contribution in [3.63, 3.8) is 0 Å². The molecule has 0 radical (unpaired) electrons. The highest BCUT2D eigenvalue weighted by Crippen LogP contribution is 2.39. The highest BCUT2D eigenvalue weighted by molar-refractivity contribution is 7.91. The zero-order valence-electron chi connectivity index (χ0n) is 50.6. The quantitative estimate of drug-likeness (QED) is 0.0475. The molecule has 8 aromatic rings. The summed E-state index contributed by atoms with van der Waals surface area (Å²) < 4.78 is 74.7. The fraction of sp³-hybridized carbons (Fsp3) is 0.299. The highest BCUT2D eigenvalue weighted by Gasteiger charge is 2.34. The SMILES string of the molecule is CC(OC(=O)OC(C)(C)C)OC(=O)[C@@H](CC(=O)c1c(Cl)cc2c(c1Cl)CCN(C(=O)c1ccc3ccoc3c1)C2)Cc1cccc(S(C)(=O)=O)c1.CS(=O)(=O)c1cccc(C[C@H](CC(=O)c2c(Cl)cc3c(c2Cl)CCN(C(=O)c2ccc4ccoc4c2)C3)C(=O)O)c1. The van der Waals surface area contributed by atoms with Crippen molar-refractivity contribution in [3.05, 3.63) is 197 Å². The molecule has 0 aliphatic carbocycles. The molecule has 1 unspecified atom stereocenters. The molecule has 0 bridgehead atoms. The number of Topliss-reactive ketones (excluding diaryl/α,β-unsaturated/α-hetero) is 2. The van der Waals surface area contributed by atoms with Gasteiger partial charge in [0.1, 0.15) is 16.8 Å². The van der Waals surface area contributed by atoms with Gasteiger partial charge in [-0.15, -0.1) is 0 Å². The van der Waals surface area contributed by atoms with Gasteiger partial charge in [-0.25, -0.2) is 21.6 Å². The second-order valence-corrected chi connectivity index (χ2v) is 29.1. The topological polar surface area (TPSA) is 268 Å². The average molecular weight is 1370 g/mol. The maximum absolute atomic E-state index is 13.9. The lowest BCUT2D eigenvalue weighted by Crippen LogP contribution is -2.36. The number of rotatable bonds is 18. The number of esters is 1. The van der Waals surface area contributed by atoms with Crippen molar-refractivity contribution in [2.45, 2.75) is 101 Å². The third-order valence-corrected chi connectivity index (χ3v) is 19.1. The Hall–Kier alpha value is -8.05. The number of hydrogen-bond acceptors (Lipinski definition) is 16. The van der Waals surface area contributed by atoms with Crippen LogP contribution < -0.4 is 0 Å². The predicted octanol–water partition coefficient (Wildman–Crippen LogP) is 13.5. The standard InChI is InChI=1S/C37H37Cl2NO10S.C30H25Cl2NO7S/c1-21(49-36(44)50-37(2,3)4)48-35(43)25(15-22-7-6-8-27(16-22)51(5,45)46)18-30(41)32-29(38)17-26-20-40(13-11-28(26)33(32)39)34(42)24-10-9-23-12-14-47-31(23)19-24;1-41(38,39)22-4-2-3-17(12-22)11-20(30(36)37)14-25(34)27-24(31)13-21-16-33(9-7-23(21)28(27)32)29(35)19-6-5-18-8-10-40-26(18)15-19/h6-10,12,14,16-17,19,21,25H,11,13,15,18,20H2,1-5H3;2-6,8,10,12-13,15,20H,7,9,11,14,16H2,1H3,(H,36,37)/t21?,25-;20-/m11/s1. The van der Waals surface area contributed by atoms with E-state index >= 15 is 0 Å². The maximum atomic E-state index is 13.9. The minimum absolute atomic E-state index is 0.0147. The van der Waals surface area contributed by atoms with Gasteiger partial charge in [0.2, 0.25) is 6.29 Å². The lowest BCUT2D eigenvalue weighted by molar-refractivity contribution is -0.174. The van der Waals surface area contributed by atoms with Crippen LogP contribution in [0.3, 0.4) is 0 Å². The molecule has 2 aliphatic heterocycles. The fourth-order valence-corrected chi connectivity index (χ4v) is 13.9. The number of ether oxygens (including phenoxy) is 3. The number of sulfone groups is 2. The second kappa shape index (κ2) is 28.0. The Morgan fingerprint density at radius 2 is 1.02 bits per heavy atom. The van der Waals surface area contributed by atoms with Crippen molar-refractivity contribution < 1.29 is 78.5 Å². The second-order valence-electron chi connectivity index (χ2n) is 23.5. The molecule has 2 aliphatic rings. The van der Waals surface area contributed by atoms with E-state index in [1.807, 2.05) is 24.3 Å². The number of carboxylic acid groups (broad SMARTS) is 1. The number of halogens is 4. The molecule has 482 valence electrons. The minimum Gasteiger partial charge on any atom is -0.481 e. The van der Waals surface area contributed by atoms with Crippen LogP contribution in [0.5, 0.6) is 0 Å². The number of carbonyl (C=O) groups is 7. The molecule has 0 saturated heterocycles. The Kier molecular flexibility index (Phi) is 20.8. The highest BCUT2D eigenvalue weighted by atomic mass is 35.5. The van der Waals surface area contributed by atoms with Crippen molar-refractivity contribution in [1.82, 2.24) is 9.80 Å². The van der Waals surface area contributed by atoms with Gasteiger partial charge in [0.05, 0.1) is 65.4 Å². The minimum atomic E-state index is -3.56. The average Bonchev–Trinajstić information content (AvgIpc) is 0.912. The van der Waals surface area contributed by atoms with E-state index < -0.39 is 79.5 Å². The van der Waals surface area contributed by atoms with E-state index in [2.05, 4.69) is 0 Å². The van der Waals surface area contributed by atoms with Crippen LogP contribution in [0.4, 0.5) is 4.79 Å². The van der Waals surface area contributed by atoms with Crippen molar-refractivity contribution in [2.75, 3.05) is 25.6 Å². The molecule has 6 aromatic carbocycles. The summed E-state index contributed by atoms with van der Waals surface area (Å²) in [4.78, 5) is 95.0. The van der Waals surface area contributed by atoms with Crippen LogP contribution in [0.25, 0.3) is 21.9 Å². The lowest BCUT2D eigenvalue weighted by atomic mass is 9.89. The van der Waals surface area contributed by atoms with Gasteiger partial charge in [-0.3, -0.25) is 28.8 Å². The molecule has 92 heavy (non-hydrogen) atoms. The van der Waals surface area contributed by atoms with E-state index in [0.717, 1.165) is 23.3 Å². The van der Waals surface area contributed by atoms with Gasteiger partial charge < -0.3 is 38.0 Å². The van der Waals surface area contributed by atoms with Crippen molar-refractivity contribution >= 4 is 129 Å². The summed E-state index contributed by atoms with van der Waals surface area (Å²) in [6.45, 7) is 7.41. The molecular formula is C67H62Cl4N2O17S2. The van der Waals surface area contributed by atoms with Crippen molar-refractivity contribution in [1.29, 1.82) is 0 Å². The number of fused-ring (bicyclic) bond motifs is 4. The summed E-state index contributed by atoms with van der Waals surface area (Å²) in [6.07, 6.45) is 2.64. The monoisotopic (exact) mass is 1370 g/mol. The molecule has 2 amide bonds. The molecule has 0 saturated carbocycles. The largest absolute Gasteiger partial charge is 0.511 e. The fourth-order valence-electron chi connectivity index (χ4n) is 10.9. The predicted molar refractivity (Wildman–Crippen MR) is 344 cm³/mol. The molecule has 19 nitrogen and oxygen atoms in total. The number of ketones is 2. The first-order valence-electron chi connectivity index (χ1n) is 28.8. The summed E-state index contributed by atoms with van der Waals surface area (Å²) in [5.74, 6) is -5.81. The number of hydrogen-bond donors (Lipinski definition) is 1. The van der Waals surface area contributed by atoms with Gasteiger partial charge in [0.25, 0.3) is 11.8 Å². The molecule has 10 rings (SSSR count). The smallest absolute Gasteiger partial charge is 0.481 e. The van der Waals surface area contributed by atoms with Crippen molar-refractivity contribution in [3.8, 4) is 0 Å². The maximum Gasteiger partial charge on any atom is 0.511 e. The van der Waals surface area contributed by atoms with E-state index in [4.69, 9.17) is 69.4 Å². The van der Waals surface area contributed by atoms with E-state index in [-0.39, 0.29) is 85.2 Å². The zero-order chi connectivity index (χ0) is 66.7. The Labute approximate surface area is 550 Å². The van der Waals surface area contributed by atoms with Crippen LogP contribution in [0.1, 0.15) is 115 Å². The first kappa shape index (κ1) is 68.3.